The van der Waals surface area contributed by atoms with Crippen molar-refractivity contribution in [3.05, 3.63) is 59.7 Å². The molecule has 0 aromatic heterocycles. The van der Waals surface area contributed by atoms with Gasteiger partial charge in [-0.25, -0.2) is 4.79 Å². The van der Waals surface area contributed by atoms with Crippen molar-refractivity contribution in [3.63, 3.8) is 0 Å². The standard InChI is InChI=1S/C27H28N2O5/c1-2-8-24(25(30)28-15-17-9-7-14-18(17)26(31)32)29-27(33)34-16-23-21-12-5-3-10-19(21)20-11-4-6-13-22(20)23/h1,3-6,10-13,17-18,23-24H,7-9,14-16H2,(H,28,30)(H,29,33)(H,31,32)/t17-,18-,24?/m1/s1. The lowest BCUT2D eigenvalue weighted by atomic mass is 9.96. The van der Waals surface area contributed by atoms with Crippen LogP contribution in [-0.4, -0.2) is 42.3 Å². The van der Waals surface area contributed by atoms with E-state index < -0.39 is 29.9 Å². The topological polar surface area (TPSA) is 105 Å². The van der Waals surface area contributed by atoms with E-state index in [-0.39, 0.29) is 31.4 Å². The van der Waals surface area contributed by atoms with E-state index in [1.165, 1.54) is 0 Å². The van der Waals surface area contributed by atoms with Gasteiger partial charge in [0.25, 0.3) is 0 Å². The van der Waals surface area contributed by atoms with Crippen LogP contribution in [0.25, 0.3) is 11.1 Å². The number of hydrogen-bond acceptors (Lipinski definition) is 4. The number of alkyl carbamates (subject to hydrolysis) is 1. The van der Waals surface area contributed by atoms with Crippen molar-refractivity contribution in [1.82, 2.24) is 10.6 Å². The van der Waals surface area contributed by atoms with Crippen LogP contribution in [0.5, 0.6) is 0 Å². The lowest BCUT2D eigenvalue weighted by Gasteiger charge is -2.20. The Morgan fingerprint density at radius 3 is 2.32 bits per heavy atom. The molecule has 0 heterocycles. The highest BCUT2D eigenvalue weighted by molar-refractivity contribution is 5.86. The lowest BCUT2D eigenvalue weighted by Crippen LogP contribution is -2.48. The van der Waals surface area contributed by atoms with E-state index in [1.54, 1.807) is 0 Å². The van der Waals surface area contributed by atoms with E-state index in [2.05, 4.69) is 28.7 Å². The van der Waals surface area contributed by atoms with Gasteiger partial charge in [-0.2, -0.15) is 0 Å². The van der Waals surface area contributed by atoms with Gasteiger partial charge in [0.15, 0.2) is 0 Å². The Kier molecular flexibility index (Phi) is 7.17. The summed E-state index contributed by atoms with van der Waals surface area (Å²) in [6.45, 7) is 0.371. The Bertz CT molecular complexity index is 1080. The molecule has 2 aliphatic rings. The molecular weight excluding hydrogens is 432 g/mol. The molecule has 0 bridgehead atoms. The highest BCUT2D eigenvalue weighted by atomic mass is 16.5. The maximum Gasteiger partial charge on any atom is 0.407 e. The van der Waals surface area contributed by atoms with E-state index in [1.807, 2.05) is 36.4 Å². The van der Waals surface area contributed by atoms with Crippen LogP contribution in [0.2, 0.25) is 0 Å². The smallest absolute Gasteiger partial charge is 0.407 e. The van der Waals surface area contributed by atoms with E-state index in [9.17, 15) is 19.5 Å². The number of carboxylic acids is 1. The fourth-order valence-corrected chi connectivity index (χ4v) is 5.07. The van der Waals surface area contributed by atoms with Crippen LogP contribution in [-0.2, 0) is 14.3 Å². The number of rotatable bonds is 8. The molecule has 1 saturated carbocycles. The number of aliphatic carboxylic acids is 1. The molecule has 0 aliphatic heterocycles. The minimum atomic E-state index is -0.953. The summed E-state index contributed by atoms with van der Waals surface area (Å²) in [6, 6.07) is 15.1. The minimum absolute atomic E-state index is 0.00303. The van der Waals surface area contributed by atoms with Gasteiger partial charge in [0, 0.05) is 18.9 Å². The van der Waals surface area contributed by atoms with Crippen molar-refractivity contribution in [2.24, 2.45) is 11.8 Å². The molecule has 2 aromatic carbocycles. The Morgan fingerprint density at radius 2 is 1.71 bits per heavy atom. The predicted molar refractivity (Wildman–Crippen MR) is 127 cm³/mol. The second-order valence-electron chi connectivity index (χ2n) is 8.81. The molecule has 0 spiro atoms. The van der Waals surface area contributed by atoms with Gasteiger partial charge in [0.1, 0.15) is 12.6 Å². The monoisotopic (exact) mass is 460 g/mol. The summed E-state index contributed by atoms with van der Waals surface area (Å²) in [7, 11) is 0. The normalized spacial score (nSPS) is 19.4. The van der Waals surface area contributed by atoms with Crippen molar-refractivity contribution < 1.29 is 24.2 Å². The summed E-state index contributed by atoms with van der Waals surface area (Å²) >= 11 is 0. The molecule has 34 heavy (non-hydrogen) atoms. The van der Waals surface area contributed by atoms with E-state index in [0.717, 1.165) is 35.1 Å². The number of ether oxygens (including phenoxy) is 1. The first-order chi connectivity index (χ1) is 16.5. The van der Waals surface area contributed by atoms with Gasteiger partial charge in [-0.15, -0.1) is 12.3 Å². The third-order valence-electron chi connectivity index (χ3n) is 6.79. The second-order valence-corrected chi connectivity index (χ2v) is 8.81. The zero-order valence-electron chi connectivity index (χ0n) is 18.8. The first kappa shape index (κ1) is 23.4. The first-order valence-electron chi connectivity index (χ1n) is 11.5. The molecule has 2 aliphatic carbocycles. The van der Waals surface area contributed by atoms with Crippen LogP contribution in [0, 0.1) is 24.2 Å². The van der Waals surface area contributed by atoms with Gasteiger partial charge in [-0.05, 0) is 41.0 Å². The first-order valence-corrected chi connectivity index (χ1v) is 11.5. The molecule has 3 N–H and O–H groups in total. The average Bonchev–Trinajstić information content (AvgIpc) is 3.44. The SMILES string of the molecule is C#CCC(NC(=O)OCC1c2ccccc2-c2ccccc21)C(=O)NC[C@H]1CCC[C@H]1C(=O)O. The van der Waals surface area contributed by atoms with Crippen molar-refractivity contribution >= 4 is 18.0 Å². The summed E-state index contributed by atoms with van der Waals surface area (Å²) in [6.07, 6.45) is 6.87. The molecule has 4 rings (SSSR count). The maximum absolute atomic E-state index is 12.7. The number of carboxylic acid groups (broad SMARTS) is 1. The highest BCUT2D eigenvalue weighted by Gasteiger charge is 2.34. The molecule has 7 nitrogen and oxygen atoms in total. The molecule has 3 atom stereocenters. The minimum Gasteiger partial charge on any atom is -0.481 e. The van der Waals surface area contributed by atoms with Crippen LogP contribution in [0.4, 0.5) is 4.79 Å². The van der Waals surface area contributed by atoms with Crippen molar-refractivity contribution in [3.8, 4) is 23.5 Å². The number of hydrogen-bond donors (Lipinski definition) is 3. The number of amides is 2. The van der Waals surface area contributed by atoms with Crippen molar-refractivity contribution in [1.29, 1.82) is 0 Å². The second kappa shape index (κ2) is 10.4. The molecule has 7 heteroatoms. The molecular formula is C27H28N2O5. The fourth-order valence-electron chi connectivity index (χ4n) is 5.07. The van der Waals surface area contributed by atoms with Crippen LogP contribution in [0.1, 0.15) is 42.7 Å². The fraction of sp³-hybridized carbons (Fsp3) is 0.370. The number of terminal acetylenes is 1. The van der Waals surface area contributed by atoms with E-state index in [4.69, 9.17) is 11.2 Å². The zero-order valence-corrected chi connectivity index (χ0v) is 18.8. The number of carbonyl (C=O) groups is 3. The Balaban J connectivity index is 1.34. The number of benzene rings is 2. The van der Waals surface area contributed by atoms with Crippen LogP contribution >= 0.6 is 0 Å². The molecule has 0 saturated heterocycles. The number of fused-ring (bicyclic) bond motifs is 3. The number of nitrogens with one attached hydrogen (secondary N) is 2. The van der Waals surface area contributed by atoms with Gasteiger partial charge in [-0.1, -0.05) is 55.0 Å². The summed E-state index contributed by atoms with van der Waals surface area (Å²) in [5.41, 5.74) is 4.45. The van der Waals surface area contributed by atoms with Gasteiger partial charge >= 0.3 is 12.1 Å². The summed E-state index contributed by atoms with van der Waals surface area (Å²) < 4.78 is 5.52. The largest absolute Gasteiger partial charge is 0.481 e. The third-order valence-corrected chi connectivity index (χ3v) is 6.79. The van der Waals surface area contributed by atoms with E-state index in [0.29, 0.717) is 6.42 Å². The quantitative estimate of drug-likeness (QED) is 0.523. The zero-order chi connectivity index (χ0) is 24.1. The highest BCUT2D eigenvalue weighted by Crippen LogP contribution is 2.44. The Morgan fingerprint density at radius 1 is 1.06 bits per heavy atom. The summed E-state index contributed by atoms with van der Waals surface area (Å²) in [5.74, 6) is 0.457. The van der Waals surface area contributed by atoms with Crippen LogP contribution in [0.3, 0.4) is 0 Å². The van der Waals surface area contributed by atoms with Gasteiger partial charge in [-0.3, -0.25) is 9.59 Å². The van der Waals surface area contributed by atoms with Crippen molar-refractivity contribution in [2.45, 2.75) is 37.6 Å². The Labute approximate surface area is 198 Å². The van der Waals surface area contributed by atoms with Gasteiger partial charge in [0.05, 0.1) is 5.92 Å². The van der Waals surface area contributed by atoms with Gasteiger partial charge in [0.2, 0.25) is 5.91 Å². The van der Waals surface area contributed by atoms with Gasteiger partial charge < -0.3 is 20.5 Å². The average molecular weight is 461 g/mol. The molecule has 2 aromatic rings. The maximum atomic E-state index is 12.7. The predicted octanol–water partition coefficient (Wildman–Crippen LogP) is 3.53. The lowest BCUT2D eigenvalue weighted by molar-refractivity contribution is -0.143. The molecule has 2 amide bonds. The Hall–Kier alpha value is -3.79. The third kappa shape index (κ3) is 4.91. The molecule has 1 fully saturated rings. The summed E-state index contributed by atoms with van der Waals surface area (Å²) in [4.78, 5) is 36.6. The van der Waals surface area contributed by atoms with Crippen LogP contribution in [0.15, 0.2) is 48.5 Å². The van der Waals surface area contributed by atoms with E-state index >= 15 is 0 Å². The number of carbonyl (C=O) groups excluding carboxylic acids is 2. The molecule has 176 valence electrons. The van der Waals surface area contributed by atoms with Crippen molar-refractivity contribution in [2.75, 3.05) is 13.2 Å². The summed E-state index contributed by atoms with van der Waals surface area (Å²) in [5, 5.41) is 14.6. The molecule has 1 unspecified atom stereocenters. The van der Waals surface area contributed by atoms with Crippen LogP contribution < -0.4 is 10.6 Å². The molecule has 0 radical (unpaired) electrons.